The molecule has 0 amide bonds. The molecule has 2 aliphatic heterocycles. The van der Waals surface area contributed by atoms with Gasteiger partial charge in [0.1, 0.15) is 11.5 Å². The molecule has 0 radical (unpaired) electrons. The van der Waals surface area contributed by atoms with Crippen molar-refractivity contribution < 1.29 is 14.2 Å². The Morgan fingerprint density at radius 2 is 2.15 bits per heavy atom. The lowest BCUT2D eigenvalue weighted by atomic mass is 10.1. The van der Waals surface area contributed by atoms with Gasteiger partial charge in [0.25, 0.3) is 0 Å². The summed E-state index contributed by atoms with van der Waals surface area (Å²) in [7, 11) is 0. The highest BCUT2D eigenvalue weighted by Gasteiger charge is 2.38. The van der Waals surface area contributed by atoms with Crippen LogP contribution in [0.1, 0.15) is 32.3 Å². The van der Waals surface area contributed by atoms with Crippen LogP contribution in [0.5, 0.6) is 5.75 Å². The molecule has 2 aliphatic rings. The van der Waals surface area contributed by atoms with Crippen molar-refractivity contribution in [2.24, 2.45) is 0 Å². The molecular formula is C17H20O3. The standard InChI is InChI=1S/C17H20O3/c1-13(2)19-16-7-4-3-6-14(16)12-15-8-10-17(20-15)9-5-11-18-17/h3-4,6-8,10,12-13H,5,9,11H2,1-2H3/b15-12-. The van der Waals surface area contributed by atoms with E-state index < -0.39 is 5.79 Å². The van der Waals surface area contributed by atoms with Gasteiger partial charge in [-0.2, -0.15) is 0 Å². The molecule has 1 spiro atoms. The Hall–Kier alpha value is -1.74. The molecule has 0 aliphatic carbocycles. The van der Waals surface area contributed by atoms with Crippen LogP contribution in [0.25, 0.3) is 6.08 Å². The van der Waals surface area contributed by atoms with Gasteiger partial charge >= 0.3 is 0 Å². The number of para-hydroxylation sites is 1. The maximum absolute atomic E-state index is 5.95. The van der Waals surface area contributed by atoms with Gasteiger partial charge < -0.3 is 14.2 Å². The average molecular weight is 272 g/mol. The highest BCUT2D eigenvalue weighted by molar-refractivity contribution is 5.61. The molecule has 0 aromatic heterocycles. The van der Waals surface area contributed by atoms with Gasteiger partial charge in [0, 0.05) is 12.0 Å². The molecule has 106 valence electrons. The second kappa shape index (κ2) is 5.33. The molecule has 1 aromatic carbocycles. The van der Waals surface area contributed by atoms with Crippen molar-refractivity contribution in [3.05, 3.63) is 47.7 Å². The molecule has 0 saturated carbocycles. The molecule has 1 saturated heterocycles. The van der Waals surface area contributed by atoms with Gasteiger partial charge in [0.05, 0.1) is 12.7 Å². The summed E-state index contributed by atoms with van der Waals surface area (Å²) in [4.78, 5) is 0. The van der Waals surface area contributed by atoms with Crippen LogP contribution in [0.15, 0.2) is 42.2 Å². The van der Waals surface area contributed by atoms with Crippen LogP contribution in [0, 0.1) is 0 Å². The minimum Gasteiger partial charge on any atom is -0.490 e. The normalized spacial score (nSPS) is 26.6. The van der Waals surface area contributed by atoms with Crippen molar-refractivity contribution in [3.8, 4) is 5.75 Å². The first-order valence-electron chi connectivity index (χ1n) is 7.16. The summed E-state index contributed by atoms with van der Waals surface area (Å²) >= 11 is 0. The molecule has 1 atom stereocenters. The fraction of sp³-hybridized carbons (Fsp3) is 0.412. The minimum atomic E-state index is -0.514. The first-order chi connectivity index (χ1) is 9.67. The van der Waals surface area contributed by atoms with Crippen molar-refractivity contribution in [1.29, 1.82) is 0 Å². The van der Waals surface area contributed by atoms with Crippen LogP contribution in [-0.2, 0) is 9.47 Å². The lowest BCUT2D eigenvalue weighted by Crippen LogP contribution is -2.24. The second-order valence-corrected chi connectivity index (χ2v) is 5.45. The van der Waals surface area contributed by atoms with E-state index in [0.29, 0.717) is 0 Å². The fourth-order valence-electron chi connectivity index (χ4n) is 2.52. The molecular weight excluding hydrogens is 252 g/mol. The number of ether oxygens (including phenoxy) is 3. The predicted molar refractivity (Wildman–Crippen MR) is 78.3 cm³/mol. The molecule has 0 bridgehead atoms. The molecule has 3 nitrogen and oxygen atoms in total. The van der Waals surface area contributed by atoms with Crippen LogP contribution in [0.3, 0.4) is 0 Å². The topological polar surface area (TPSA) is 27.7 Å². The summed E-state index contributed by atoms with van der Waals surface area (Å²) in [5, 5.41) is 0. The van der Waals surface area contributed by atoms with E-state index in [2.05, 4.69) is 0 Å². The summed E-state index contributed by atoms with van der Waals surface area (Å²) in [5.41, 5.74) is 1.02. The number of benzene rings is 1. The third-order valence-electron chi connectivity index (χ3n) is 3.39. The average Bonchev–Trinajstić information content (AvgIpc) is 3.02. The van der Waals surface area contributed by atoms with Gasteiger partial charge in [-0.1, -0.05) is 18.2 Å². The first-order valence-corrected chi connectivity index (χ1v) is 7.16. The summed E-state index contributed by atoms with van der Waals surface area (Å²) in [5.74, 6) is 1.19. The lowest BCUT2D eigenvalue weighted by Gasteiger charge is -2.21. The van der Waals surface area contributed by atoms with Crippen LogP contribution < -0.4 is 4.74 Å². The van der Waals surface area contributed by atoms with Crippen molar-refractivity contribution >= 4 is 6.08 Å². The Morgan fingerprint density at radius 3 is 2.90 bits per heavy atom. The van der Waals surface area contributed by atoms with E-state index in [1.807, 2.05) is 56.3 Å². The Bertz CT molecular complexity index is 537. The zero-order chi connectivity index (χ0) is 14.0. The van der Waals surface area contributed by atoms with E-state index >= 15 is 0 Å². The van der Waals surface area contributed by atoms with E-state index in [-0.39, 0.29) is 6.10 Å². The van der Waals surface area contributed by atoms with Crippen LogP contribution in [0.4, 0.5) is 0 Å². The van der Waals surface area contributed by atoms with Crippen molar-refractivity contribution in [3.63, 3.8) is 0 Å². The van der Waals surface area contributed by atoms with Crippen LogP contribution in [0.2, 0.25) is 0 Å². The minimum absolute atomic E-state index is 0.152. The third-order valence-corrected chi connectivity index (χ3v) is 3.39. The third kappa shape index (κ3) is 2.73. The van der Waals surface area contributed by atoms with Crippen molar-refractivity contribution in [2.75, 3.05) is 6.61 Å². The van der Waals surface area contributed by atoms with E-state index in [0.717, 1.165) is 36.5 Å². The molecule has 1 unspecified atom stereocenters. The Balaban J connectivity index is 1.81. The zero-order valence-corrected chi connectivity index (χ0v) is 12.0. The molecule has 3 heteroatoms. The summed E-state index contributed by atoms with van der Waals surface area (Å²) < 4.78 is 17.4. The summed E-state index contributed by atoms with van der Waals surface area (Å²) in [6.45, 7) is 4.82. The second-order valence-electron chi connectivity index (χ2n) is 5.45. The highest BCUT2D eigenvalue weighted by atomic mass is 16.7. The maximum atomic E-state index is 5.95. The number of hydrogen-bond acceptors (Lipinski definition) is 3. The quantitative estimate of drug-likeness (QED) is 0.835. The van der Waals surface area contributed by atoms with Gasteiger partial charge in [-0.3, -0.25) is 0 Å². The molecule has 1 aromatic rings. The molecule has 3 rings (SSSR count). The zero-order valence-electron chi connectivity index (χ0n) is 12.0. The lowest BCUT2D eigenvalue weighted by molar-refractivity contribution is -0.135. The van der Waals surface area contributed by atoms with Gasteiger partial charge in [0.2, 0.25) is 5.79 Å². The maximum Gasteiger partial charge on any atom is 0.230 e. The van der Waals surface area contributed by atoms with Crippen molar-refractivity contribution in [2.45, 2.75) is 38.6 Å². The Morgan fingerprint density at radius 1 is 1.30 bits per heavy atom. The predicted octanol–water partition coefficient (Wildman–Crippen LogP) is 3.91. The smallest absolute Gasteiger partial charge is 0.230 e. The molecule has 20 heavy (non-hydrogen) atoms. The number of hydrogen-bond donors (Lipinski definition) is 0. The largest absolute Gasteiger partial charge is 0.490 e. The fourth-order valence-corrected chi connectivity index (χ4v) is 2.52. The van der Waals surface area contributed by atoms with Crippen LogP contribution >= 0.6 is 0 Å². The summed E-state index contributed by atoms with van der Waals surface area (Å²) in [6.07, 6.45) is 8.12. The number of rotatable bonds is 3. The first kappa shape index (κ1) is 13.3. The Labute approximate surface area is 119 Å². The van der Waals surface area contributed by atoms with Gasteiger partial charge in [0.15, 0.2) is 0 Å². The van der Waals surface area contributed by atoms with Gasteiger partial charge in [-0.25, -0.2) is 0 Å². The molecule has 2 heterocycles. The monoisotopic (exact) mass is 272 g/mol. The van der Waals surface area contributed by atoms with E-state index in [9.17, 15) is 0 Å². The summed E-state index contributed by atoms with van der Waals surface area (Å²) in [6, 6.07) is 7.99. The van der Waals surface area contributed by atoms with E-state index in [1.54, 1.807) is 0 Å². The Kier molecular flexibility index (Phi) is 3.53. The SMILES string of the molecule is CC(C)Oc1ccccc1/C=C1/C=CC2(CCCO2)O1. The van der Waals surface area contributed by atoms with E-state index in [1.165, 1.54) is 0 Å². The van der Waals surface area contributed by atoms with Crippen molar-refractivity contribution in [1.82, 2.24) is 0 Å². The number of allylic oxidation sites excluding steroid dienone is 1. The molecule has 0 N–H and O–H groups in total. The highest BCUT2D eigenvalue weighted by Crippen LogP contribution is 2.37. The van der Waals surface area contributed by atoms with E-state index in [4.69, 9.17) is 14.2 Å². The van der Waals surface area contributed by atoms with Gasteiger partial charge in [-0.05, 0) is 44.6 Å². The van der Waals surface area contributed by atoms with Crippen LogP contribution in [-0.4, -0.2) is 18.5 Å². The molecule has 1 fully saturated rings. The van der Waals surface area contributed by atoms with Gasteiger partial charge in [-0.15, -0.1) is 0 Å².